The molecule has 0 unspecified atom stereocenters. The van der Waals surface area contributed by atoms with Crippen LogP contribution in [0.25, 0.3) is 5.69 Å². The van der Waals surface area contributed by atoms with Gasteiger partial charge in [-0.2, -0.15) is 5.26 Å². The molecular formula is C12H9F2N3S. The van der Waals surface area contributed by atoms with E-state index in [-0.39, 0.29) is 0 Å². The fraction of sp³-hybridized carbons (Fsp3) is 0.167. The first-order valence-corrected chi connectivity index (χ1v) is 6.19. The van der Waals surface area contributed by atoms with Gasteiger partial charge in [0.25, 0.3) is 0 Å². The fourth-order valence-corrected chi connectivity index (χ4v) is 2.23. The Morgan fingerprint density at radius 3 is 2.89 bits per heavy atom. The molecule has 0 aliphatic heterocycles. The minimum absolute atomic E-state index is 0.412. The normalized spacial score (nSPS) is 10.3. The van der Waals surface area contributed by atoms with Gasteiger partial charge in [-0.05, 0) is 12.1 Å². The van der Waals surface area contributed by atoms with Crippen molar-refractivity contribution in [2.75, 3.05) is 5.75 Å². The summed E-state index contributed by atoms with van der Waals surface area (Å²) < 4.78 is 27.7. The lowest BCUT2D eigenvalue weighted by Crippen LogP contribution is -1.97. The zero-order valence-corrected chi connectivity index (χ0v) is 10.1. The summed E-state index contributed by atoms with van der Waals surface area (Å²) in [5.74, 6) is -1.16. The SMILES string of the molecule is N#CCCSc1nccn1-c1ccc(F)c(F)c1. The number of hydrogen-bond donors (Lipinski definition) is 0. The maximum atomic E-state index is 13.2. The summed E-state index contributed by atoms with van der Waals surface area (Å²) in [5.41, 5.74) is 0.505. The van der Waals surface area contributed by atoms with E-state index in [0.717, 1.165) is 12.1 Å². The van der Waals surface area contributed by atoms with Crippen LogP contribution in [0.2, 0.25) is 0 Å². The van der Waals surface area contributed by atoms with Crippen molar-refractivity contribution in [3.05, 3.63) is 42.2 Å². The smallest absolute Gasteiger partial charge is 0.172 e. The van der Waals surface area contributed by atoms with Gasteiger partial charge in [0.2, 0.25) is 0 Å². The lowest BCUT2D eigenvalue weighted by Gasteiger charge is -2.07. The summed E-state index contributed by atoms with van der Waals surface area (Å²) in [4.78, 5) is 4.12. The molecule has 0 spiro atoms. The van der Waals surface area contributed by atoms with Crippen LogP contribution in [-0.2, 0) is 0 Å². The average Bonchev–Trinajstić information content (AvgIpc) is 2.81. The molecule has 0 bridgehead atoms. The van der Waals surface area contributed by atoms with Gasteiger partial charge in [-0.3, -0.25) is 4.57 Å². The van der Waals surface area contributed by atoms with Crippen molar-refractivity contribution >= 4 is 11.8 Å². The van der Waals surface area contributed by atoms with Crippen LogP contribution in [0.1, 0.15) is 6.42 Å². The van der Waals surface area contributed by atoms with Crippen molar-refractivity contribution in [3.8, 4) is 11.8 Å². The molecule has 0 saturated carbocycles. The van der Waals surface area contributed by atoms with E-state index in [9.17, 15) is 8.78 Å². The van der Waals surface area contributed by atoms with Crippen molar-refractivity contribution in [1.82, 2.24) is 9.55 Å². The summed E-state index contributed by atoms with van der Waals surface area (Å²) >= 11 is 1.40. The second kappa shape index (κ2) is 5.65. The summed E-state index contributed by atoms with van der Waals surface area (Å²) in [7, 11) is 0. The summed E-state index contributed by atoms with van der Waals surface area (Å²) in [6, 6.07) is 5.71. The van der Waals surface area contributed by atoms with Crippen LogP contribution in [0.4, 0.5) is 8.78 Å². The second-order valence-electron chi connectivity index (χ2n) is 3.43. The van der Waals surface area contributed by atoms with E-state index in [4.69, 9.17) is 5.26 Å². The van der Waals surface area contributed by atoms with E-state index in [1.54, 1.807) is 17.0 Å². The Bertz CT molecular complexity index is 589. The van der Waals surface area contributed by atoms with E-state index in [0.29, 0.717) is 23.0 Å². The molecule has 0 aliphatic rings. The third-order valence-electron chi connectivity index (χ3n) is 2.23. The van der Waals surface area contributed by atoms with E-state index in [2.05, 4.69) is 4.98 Å². The minimum Gasteiger partial charge on any atom is -0.295 e. The lowest BCUT2D eigenvalue weighted by molar-refractivity contribution is 0.507. The van der Waals surface area contributed by atoms with Crippen LogP contribution in [0.15, 0.2) is 35.7 Å². The number of thioether (sulfide) groups is 1. The van der Waals surface area contributed by atoms with Crippen LogP contribution in [-0.4, -0.2) is 15.3 Å². The highest BCUT2D eigenvalue weighted by atomic mass is 32.2. The quantitative estimate of drug-likeness (QED) is 0.630. The van der Waals surface area contributed by atoms with E-state index in [1.807, 2.05) is 6.07 Å². The Labute approximate surface area is 107 Å². The molecule has 0 N–H and O–H groups in total. The summed E-state index contributed by atoms with van der Waals surface area (Å²) in [6.07, 6.45) is 3.66. The highest BCUT2D eigenvalue weighted by molar-refractivity contribution is 7.99. The Hall–Kier alpha value is -1.87. The first-order chi connectivity index (χ1) is 8.72. The molecule has 0 radical (unpaired) electrons. The van der Waals surface area contributed by atoms with Gasteiger partial charge in [-0.15, -0.1) is 0 Å². The maximum Gasteiger partial charge on any atom is 0.172 e. The highest BCUT2D eigenvalue weighted by Crippen LogP contribution is 2.22. The topological polar surface area (TPSA) is 41.6 Å². The molecule has 18 heavy (non-hydrogen) atoms. The molecule has 3 nitrogen and oxygen atoms in total. The number of halogens is 2. The van der Waals surface area contributed by atoms with Crippen LogP contribution in [0.3, 0.4) is 0 Å². The van der Waals surface area contributed by atoms with Crippen molar-refractivity contribution in [2.45, 2.75) is 11.6 Å². The van der Waals surface area contributed by atoms with Crippen LogP contribution in [0.5, 0.6) is 0 Å². The van der Waals surface area contributed by atoms with Gasteiger partial charge in [0.1, 0.15) is 0 Å². The zero-order chi connectivity index (χ0) is 13.0. The molecule has 0 fully saturated rings. The van der Waals surface area contributed by atoms with Crippen molar-refractivity contribution in [2.24, 2.45) is 0 Å². The highest BCUT2D eigenvalue weighted by Gasteiger charge is 2.08. The van der Waals surface area contributed by atoms with Gasteiger partial charge in [0, 0.05) is 30.6 Å². The average molecular weight is 265 g/mol. The Kier molecular flexibility index (Phi) is 3.95. The molecule has 0 saturated heterocycles. The molecule has 0 atom stereocenters. The predicted octanol–water partition coefficient (Wildman–Crippen LogP) is 3.16. The number of nitrogens with zero attached hydrogens (tertiary/aromatic N) is 3. The zero-order valence-electron chi connectivity index (χ0n) is 9.31. The van der Waals surface area contributed by atoms with Gasteiger partial charge in [0.15, 0.2) is 16.8 Å². The third kappa shape index (κ3) is 2.68. The molecule has 1 aromatic carbocycles. The van der Waals surface area contributed by atoms with Crippen LogP contribution < -0.4 is 0 Å². The monoisotopic (exact) mass is 265 g/mol. The van der Waals surface area contributed by atoms with Gasteiger partial charge in [-0.25, -0.2) is 13.8 Å². The number of hydrogen-bond acceptors (Lipinski definition) is 3. The minimum atomic E-state index is -0.894. The maximum absolute atomic E-state index is 13.2. The van der Waals surface area contributed by atoms with Crippen molar-refractivity contribution < 1.29 is 8.78 Å². The molecule has 1 heterocycles. The Balaban J connectivity index is 2.25. The Morgan fingerprint density at radius 1 is 1.33 bits per heavy atom. The standard InChI is InChI=1S/C12H9F2N3S/c13-10-3-2-9(8-11(10)14)17-6-5-16-12(17)18-7-1-4-15/h2-3,5-6,8H,1,7H2. The van der Waals surface area contributed by atoms with Crippen LogP contribution in [0, 0.1) is 23.0 Å². The predicted molar refractivity (Wildman–Crippen MR) is 64.4 cm³/mol. The van der Waals surface area contributed by atoms with Crippen molar-refractivity contribution in [1.29, 1.82) is 5.26 Å². The molecule has 6 heteroatoms. The van der Waals surface area contributed by atoms with Gasteiger partial charge in [-0.1, -0.05) is 11.8 Å². The van der Waals surface area contributed by atoms with Gasteiger partial charge < -0.3 is 0 Å². The largest absolute Gasteiger partial charge is 0.295 e. The molecule has 2 aromatic rings. The van der Waals surface area contributed by atoms with Crippen molar-refractivity contribution in [3.63, 3.8) is 0 Å². The Morgan fingerprint density at radius 2 is 2.17 bits per heavy atom. The number of nitriles is 1. The molecular weight excluding hydrogens is 256 g/mol. The molecule has 1 aromatic heterocycles. The van der Waals surface area contributed by atoms with Gasteiger partial charge >= 0.3 is 0 Å². The molecule has 92 valence electrons. The molecule has 0 amide bonds. The summed E-state index contributed by atoms with van der Waals surface area (Å²) in [5, 5.41) is 9.12. The fourth-order valence-electron chi connectivity index (χ4n) is 1.42. The number of rotatable bonds is 4. The molecule has 2 rings (SSSR count). The number of aromatic nitrogens is 2. The summed E-state index contributed by atoms with van der Waals surface area (Å²) in [6.45, 7) is 0. The van der Waals surface area contributed by atoms with Gasteiger partial charge in [0.05, 0.1) is 11.8 Å². The van der Waals surface area contributed by atoms with E-state index < -0.39 is 11.6 Å². The third-order valence-corrected chi connectivity index (χ3v) is 3.20. The number of benzene rings is 1. The lowest BCUT2D eigenvalue weighted by atomic mass is 10.3. The molecule has 0 aliphatic carbocycles. The first-order valence-electron chi connectivity index (χ1n) is 5.21. The second-order valence-corrected chi connectivity index (χ2v) is 4.50. The van der Waals surface area contributed by atoms with E-state index >= 15 is 0 Å². The van der Waals surface area contributed by atoms with E-state index in [1.165, 1.54) is 17.8 Å². The van der Waals surface area contributed by atoms with Crippen LogP contribution >= 0.6 is 11.8 Å². The number of imidazole rings is 1. The first kappa shape index (κ1) is 12.6.